The molecule has 18 heavy (non-hydrogen) atoms. The lowest BCUT2D eigenvalue weighted by atomic mass is 9.82. The molecule has 0 aliphatic heterocycles. The molecule has 1 aromatic heterocycles. The van der Waals surface area contributed by atoms with Gasteiger partial charge in [-0.05, 0) is 31.0 Å². The van der Waals surface area contributed by atoms with Crippen LogP contribution in [0.4, 0.5) is 0 Å². The molecule has 1 aliphatic carbocycles. The number of nitrogens with zero attached hydrogens (tertiary/aromatic N) is 3. The molecule has 0 bridgehead atoms. The first-order chi connectivity index (χ1) is 8.79. The van der Waals surface area contributed by atoms with E-state index in [2.05, 4.69) is 43.8 Å². The minimum atomic E-state index is 0.654. The van der Waals surface area contributed by atoms with E-state index in [1.54, 1.807) is 7.05 Å². The summed E-state index contributed by atoms with van der Waals surface area (Å²) in [6.07, 6.45) is 5.80. The number of aromatic nitrogens is 2. The van der Waals surface area contributed by atoms with Crippen molar-refractivity contribution in [1.82, 2.24) is 9.78 Å². The van der Waals surface area contributed by atoms with E-state index in [-0.39, 0.29) is 0 Å². The van der Waals surface area contributed by atoms with Gasteiger partial charge in [0.05, 0.1) is 17.8 Å². The summed E-state index contributed by atoms with van der Waals surface area (Å²) in [6.45, 7) is 0.751. The highest BCUT2D eigenvalue weighted by molar-refractivity contribution is 9.10. The summed E-state index contributed by atoms with van der Waals surface area (Å²) in [6, 6.07) is 6.40. The van der Waals surface area contributed by atoms with E-state index in [4.69, 9.17) is 5.10 Å². The van der Waals surface area contributed by atoms with Crippen LogP contribution in [0.2, 0.25) is 0 Å². The highest BCUT2D eigenvalue weighted by atomic mass is 79.9. The molecule has 4 heteroatoms. The lowest BCUT2D eigenvalue weighted by Crippen LogP contribution is -2.10. The molecule has 0 N–H and O–H groups in total. The van der Waals surface area contributed by atoms with Crippen LogP contribution in [0, 0.1) is 0 Å². The van der Waals surface area contributed by atoms with Crippen molar-refractivity contribution >= 4 is 33.0 Å². The topological polar surface area (TPSA) is 30.2 Å². The third-order valence-electron chi connectivity index (χ3n) is 3.67. The molecule has 0 unspecified atom stereocenters. The Morgan fingerprint density at radius 3 is 3.00 bits per heavy atom. The van der Waals surface area contributed by atoms with Crippen LogP contribution in [-0.4, -0.2) is 23.0 Å². The summed E-state index contributed by atoms with van der Waals surface area (Å²) < 4.78 is 3.18. The van der Waals surface area contributed by atoms with Crippen molar-refractivity contribution in [1.29, 1.82) is 0 Å². The third-order valence-corrected chi connectivity index (χ3v) is 4.16. The second-order valence-corrected chi connectivity index (χ2v) is 5.71. The van der Waals surface area contributed by atoms with Crippen LogP contribution in [0.5, 0.6) is 0 Å². The number of benzene rings is 1. The number of halogens is 1. The number of rotatable bonds is 3. The molecule has 1 fully saturated rings. The summed E-state index contributed by atoms with van der Waals surface area (Å²) in [5.74, 6) is 0.654. The van der Waals surface area contributed by atoms with Gasteiger partial charge in [-0.2, -0.15) is 5.10 Å². The van der Waals surface area contributed by atoms with E-state index >= 15 is 0 Å². The molecule has 1 heterocycles. The first-order valence-corrected chi connectivity index (χ1v) is 7.15. The van der Waals surface area contributed by atoms with Gasteiger partial charge in [-0.25, -0.2) is 0 Å². The highest BCUT2D eigenvalue weighted by Crippen LogP contribution is 2.39. The molecule has 94 valence electrons. The second kappa shape index (κ2) is 4.84. The minimum Gasteiger partial charge on any atom is -0.299 e. The van der Waals surface area contributed by atoms with E-state index < -0.39 is 0 Å². The molecule has 0 atom stereocenters. The highest BCUT2D eigenvalue weighted by Gasteiger charge is 2.25. The zero-order valence-electron chi connectivity index (χ0n) is 10.4. The van der Waals surface area contributed by atoms with Crippen molar-refractivity contribution in [3.63, 3.8) is 0 Å². The Balaban J connectivity index is 2.12. The molecule has 2 aromatic rings. The number of hydrogen-bond acceptors (Lipinski definition) is 2. The molecule has 3 rings (SSSR count). The Kier molecular flexibility index (Phi) is 3.20. The third kappa shape index (κ3) is 1.99. The van der Waals surface area contributed by atoms with Crippen molar-refractivity contribution in [3.05, 3.63) is 28.4 Å². The predicted octanol–water partition coefficient (Wildman–Crippen LogP) is 3.77. The number of hydrogen-bond donors (Lipinski definition) is 0. The average Bonchev–Trinajstić information content (AvgIpc) is 2.63. The smallest absolute Gasteiger partial charge is 0.0764 e. The maximum atomic E-state index is 4.79. The normalized spacial score (nSPS) is 16.6. The number of fused-ring (bicyclic) bond motifs is 1. The van der Waals surface area contributed by atoms with Crippen molar-refractivity contribution in [2.24, 2.45) is 4.99 Å². The Hall–Kier alpha value is -1.16. The van der Waals surface area contributed by atoms with E-state index in [1.165, 1.54) is 35.9 Å². The first kappa shape index (κ1) is 11.9. The fourth-order valence-corrected chi connectivity index (χ4v) is 2.82. The van der Waals surface area contributed by atoms with Gasteiger partial charge in [0.25, 0.3) is 0 Å². The van der Waals surface area contributed by atoms with Gasteiger partial charge in [0.1, 0.15) is 0 Å². The Morgan fingerprint density at radius 2 is 2.33 bits per heavy atom. The number of aliphatic imine (C=N–C) groups is 1. The average molecular weight is 306 g/mol. The van der Waals surface area contributed by atoms with Crippen molar-refractivity contribution in [2.75, 3.05) is 7.05 Å². The van der Waals surface area contributed by atoms with Gasteiger partial charge in [-0.15, -0.1) is 0 Å². The van der Waals surface area contributed by atoms with Crippen LogP contribution < -0.4 is 0 Å². The van der Waals surface area contributed by atoms with Gasteiger partial charge >= 0.3 is 0 Å². The largest absolute Gasteiger partial charge is 0.299 e. The lowest BCUT2D eigenvalue weighted by Gasteiger charge is -2.23. The van der Waals surface area contributed by atoms with Gasteiger partial charge in [0.2, 0.25) is 0 Å². The summed E-state index contributed by atoms with van der Waals surface area (Å²) in [4.78, 5) is 4.05. The summed E-state index contributed by atoms with van der Waals surface area (Å²) >= 11 is 3.55. The predicted molar refractivity (Wildman–Crippen MR) is 78.4 cm³/mol. The van der Waals surface area contributed by atoms with Gasteiger partial charge in [0.15, 0.2) is 0 Å². The van der Waals surface area contributed by atoms with E-state index in [1.807, 2.05) is 6.21 Å². The van der Waals surface area contributed by atoms with Crippen molar-refractivity contribution in [3.8, 4) is 0 Å². The lowest BCUT2D eigenvalue weighted by molar-refractivity contribution is 0.409. The quantitative estimate of drug-likeness (QED) is 0.794. The van der Waals surface area contributed by atoms with Crippen LogP contribution >= 0.6 is 15.9 Å². The molecule has 0 radical (unpaired) electrons. The zero-order valence-corrected chi connectivity index (χ0v) is 12.0. The Bertz CT molecular complexity index is 596. The Morgan fingerprint density at radius 1 is 1.50 bits per heavy atom. The van der Waals surface area contributed by atoms with Gasteiger partial charge in [-0.3, -0.25) is 9.67 Å². The van der Waals surface area contributed by atoms with Gasteiger partial charge in [0, 0.05) is 29.0 Å². The molecule has 1 aromatic carbocycles. The first-order valence-electron chi connectivity index (χ1n) is 6.36. The second-order valence-electron chi connectivity index (χ2n) is 4.80. The van der Waals surface area contributed by atoms with Crippen LogP contribution in [0.3, 0.4) is 0 Å². The molecule has 0 saturated heterocycles. The fraction of sp³-hybridized carbons (Fsp3) is 0.429. The summed E-state index contributed by atoms with van der Waals surface area (Å²) in [5, 5.41) is 6.08. The summed E-state index contributed by atoms with van der Waals surface area (Å²) in [5.41, 5.74) is 2.47. The maximum absolute atomic E-state index is 4.79. The molecule has 1 saturated carbocycles. The maximum Gasteiger partial charge on any atom is 0.0764 e. The molecule has 0 amide bonds. The van der Waals surface area contributed by atoms with E-state index in [9.17, 15) is 0 Å². The van der Waals surface area contributed by atoms with Crippen LogP contribution in [0.25, 0.3) is 10.9 Å². The standard InChI is InChI=1S/C14H16BrN3/c1-16-7-8-18-13-6-5-11(15)9-12(13)14(17-18)10-3-2-4-10/h5-7,9-10H,2-4,8H2,1H3. The SMILES string of the molecule is CN=CCn1nc(C2CCC2)c2cc(Br)ccc21. The monoisotopic (exact) mass is 305 g/mol. The molecule has 1 aliphatic rings. The molecular formula is C14H16BrN3. The van der Waals surface area contributed by atoms with Crippen molar-refractivity contribution in [2.45, 2.75) is 31.7 Å². The van der Waals surface area contributed by atoms with E-state index in [0.29, 0.717) is 5.92 Å². The van der Waals surface area contributed by atoms with Crippen LogP contribution in [0.15, 0.2) is 27.7 Å². The Labute approximate surface area is 115 Å². The fourth-order valence-electron chi connectivity index (χ4n) is 2.46. The van der Waals surface area contributed by atoms with Crippen LogP contribution in [-0.2, 0) is 6.54 Å². The van der Waals surface area contributed by atoms with Gasteiger partial charge < -0.3 is 0 Å². The van der Waals surface area contributed by atoms with Crippen molar-refractivity contribution < 1.29 is 0 Å². The molecule has 0 spiro atoms. The minimum absolute atomic E-state index is 0.654. The zero-order chi connectivity index (χ0) is 12.5. The van der Waals surface area contributed by atoms with E-state index in [0.717, 1.165) is 11.0 Å². The summed E-state index contributed by atoms with van der Waals surface area (Å²) in [7, 11) is 1.80. The van der Waals surface area contributed by atoms with Gasteiger partial charge in [-0.1, -0.05) is 22.4 Å². The molecular weight excluding hydrogens is 290 g/mol. The molecule has 3 nitrogen and oxygen atoms in total. The van der Waals surface area contributed by atoms with Crippen LogP contribution in [0.1, 0.15) is 30.9 Å².